The summed E-state index contributed by atoms with van der Waals surface area (Å²) in [6.45, 7) is 3.86. The highest BCUT2D eigenvalue weighted by Crippen LogP contribution is 2.27. The van der Waals surface area contributed by atoms with Gasteiger partial charge in [-0.1, -0.05) is 50.2 Å². The van der Waals surface area contributed by atoms with Gasteiger partial charge in [0.2, 0.25) is 5.91 Å². The maximum Gasteiger partial charge on any atom is 0.475 e. The Bertz CT molecular complexity index is 829. The topological polar surface area (TPSA) is 108 Å². The molecule has 0 heterocycles. The van der Waals surface area contributed by atoms with Crippen LogP contribution in [0.3, 0.4) is 0 Å². The van der Waals surface area contributed by atoms with E-state index >= 15 is 0 Å². The van der Waals surface area contributed by atoms with Crippen molar-refractivity contribution in [2.24, 2.45) is 5.92 Å². The quantitative estimate of drug-likeness (QED) is 0.447. The van der Waals surface area contributed by atoms with Crippen molar-refractivity contribution in [3.8, 4) is 5.75 Å². The third kappa shape index (κ3) is 6.90. The van der Waals surface area contributed by atoms with E-state index in [4.69, 9.17) is 4.74 Å². The minimum atomic E-state index is -1.67. The first-order valence-electron chi connectivity index (χ1n) is 9.96. The van der Waals surface area contributed by atoms with Crippen LogP contribution in [0.5, 0.6) is 5.75 Å². The Hall–Kier alpha value is -2.84. The van der Waals surface area contributed by atoms with Crippen LogP contribution >= 0.6 is 0 Å². The van der Waals surface area contributed by atoms with Crippen molar-refractivity contribution in [1.29, 1.82) is 0 Å². The Morgan fingerprint density at radius 3 is 2.23 bits per heavy atom. The number of hydrogen-bond donors (Lipinski definition) is 4. The first-order valence-corrected chi connectivity index (χ1v) is 9.96. The molecule has 8 heteroatoms. The largest absolute Gasteiger partial charge is 0.496 e. The Kier molecular flexibility index (Phi) is 8.89. The molecule has 2 aromatic rings. The molecular weight excluding hydrogens is 383 g/mol. The van der Waals surface area contributed by atoms with E-state index in [-0.39, 0.29) is 18.2 Å². The van der Waals surface area contributed by atoms with Gasteiger partial charge in [0.25, 0.3) is 5.91 Å². The molecule has 30 heavy (non-hydrogen) atoms. The summed E-state index contributed by atoms with van der Waals surface area (Å²) in [4.78, 5) is 25.4. The second-order valence-electron chi connectivity index (χ2n) is 7.56. The lowest BCUT2D eigenvalue weighted by molar-refractivity contribution is -0.122. The molecule has 4 N–H and O–H groups in total. The second-order valence-corrected chi connectivity index (χ2v) is 7.56. The summed E-state index contributed by atoms with van der Waals surface area (Å²) in [6, 6.07) is 15.2. The highest BCUT2D eigenvalue weighted by Gasteiger charge is 2.28. The lowest BCUT2D eigenvalue weighted by Gasteiger charge is -2.24. The molecule has 0 saturated carbocycles. The molecule has 0 aliphatic heterocycles. The van der Waals surface area contributed by atoms with Crippen LogP contribution < -0.4 is 15.4 Å². The molecule has 7 nitrogen and oxygen atoms in total. The molecule has 0 spiro atoms. The predicted molar refractivity (Wildman–Crippen MR) is 116 cm³/mol. The van der Waals surface area contributed by atoms with Gasteiger partial charge in [0.1, 0.15) is 5.75 Å². The molecule has 2 amide bonds. The Morgan fingerprint density at radius 1 is 1.00 bits per heavy atom. The zero-order valence-corrected chi connectivity index (χ0v) is 17.5. The van der Waals surface area contributed by atoms with Gasteiger partial charge in [-0.15, -0.1) is 0 Å². The fourth-order valence-corrected chi connectivity index (χ4v) is 3.24. The van der Waals surface area contributed by atoms with Crippen LogP contribution in [0.15, 0.2) is 54.6 Å². The number of methoxy groups -OCH3 is 1. The number of para-hydroxylation sites is 1. The fraction of sp³-hybridized carbons (Fsp3) is 0.364. The van der Waals surface area contributed by atoms with Crippen LogP contribution in [0.4, 0.5) is 0 Å². The molecule has 0 aliphatic carbocycles. The van der Waals surface area contributed by atoms with Crippen LogP contribution in [-0.2, 0) is 4.79 Å². The van der Waals surface area contributed by atoms with Crippen molar-refractivity contribution in [2.75, 3.05) is 7.11 Å². The molecule has 0 saturated heterocycles. The van der Waals surface area contributed by atoms with Gasteiger partial charge >= 0.3 is 7.12 Å². The Balaban J connectivity index is 2.22. The van der Waals surface area contributed by atoms with Gasteiger partial charge in [0, 0.05) is 11.1 Å². The molecule has 0 aliphatic rings. The molecule has 0 radical (unpaired) electrons. The predicted octanol–water partition coefficient (Wildman–Crippen LogP) is 2.10. The van der Waals surface area contributed by atoms with Crippen LogP contribution in [0.2, 0.25) is 0 Å². The zero-order valence-electron chi connectivity index (χ0n) is 17.5. The first kappa shape index (κ1) is 23.4. The van der Waals surface area contributed by atoms with Crippen LogP contribution in [-0.4, -0.2) is 42.0 Å². The summed E-state index contributed by atoms with van der Waals surface area (Å²) in [7, 11) is -0.143. The number of amides is 2. The summed E-state index contributed by atoms with van der Waals surface area (Å²) in [6.07, 6.45) is 0.333. The van der Waals surface area contributed by atoms with Crippen LogP contribution in [0, 0.1) is 5.92 Å². The van der Waals surface area contributed by atoms with Gasteiger partial charge in [0.15, 0.2) is 0 Å². The molecule has 0 fully saturated rings. The zero-order chi connectivity index (χ0) is 22.1. The van der Waals surface area contributed by atoms with Gasteiger partial charge < -0.3 is 25.4 Å². The third-order valence-electron chi connectivity index (χ3n) is 4.68. The summed E-state index contributed by atoms with van der Waals surface area (Å²) in [5.41, 5.74) is 1.13. The molecule has 1 unspecified atom stereocenters. The van der Waals surface area contributed by atoms with Crippen molar-refractivity contribution >= 4 is 18.9 Å². The standard InChI is InChI=1S/C22H29BN2O5/c1-15(2)13-20(23(28)29)25-21(26)14-18(17-11-7-8-12-19(17)30-3)24-22(27)16-9-5-4-6-10-16/h4-12,15,18,20,28-29H,13-14H2,1-3H3,(H,24,27)(H,25,26)/t18?,20-/m0/s1. The average molecular weight is 412 g/mol. The lowest BCUT2D eigenvalue weighted by Crippen LogP contribution is -2.48. The summed E-state index contributed by atoms with van der Waals surface area (Å²) < 4.78 is 5.40. The summed E-state index contributed by atoms with van der Waals surface area (Å²) >= 11 is 0. The normalized spacial score (nSPS) is 12.7. The van der Waals surface area contributed by atoms with E-state index < -0.39 is 25.0 Å². The SMILES string of the molecule is COc1ccccc1C(CC(=O)N[C@@H](CC(C)C)B(O)O)NC(=O)c1ccccc1. The monoisotopic (exact) mass is 412 g/mol. The fourth-order valence-electron chi connectivity index (χ4n) is 3.24. The van der Waals surface area contributed by atoms with Gasteiger partial charge in [-0.2, -0.15) is 0 Å². The molecule has 0 aromatic heterocycles. The van der Waals surface area contributed by atoms with Gasteiger partial charge in [0.05, 0.1) is 25.5 Å². The number of carbonyl (C=O) groups excluding carboxylic acids is 2. The lowest BCUT2D eigenvalue weighted by atomic mass is 9.75. The summed E-state index contributed by atoms with van der Waals surface area (Å²) in [5.74, 6) is -0.802. The van der Waals surface area contributed by atoms with Crippen molar-refractivity contribution < 1.29 is 24.4 Å². The molecule has 0 bridgehead atoms. The summed E-state index contributed by atoms with van der Waals surface area (Å²) in [5, 5.41) is 24.7. The number of hydrogen-bond acceptors (Lipinski definition) is 5. The van der Waals surface area contributed by atoms with Crippen molar-refractivity contribution in [3.63, 3.8) is 0 Å². The van der Waals surface area contributed by atoms with Crippen molar-refractivity contribution in [2.45, 2.75) is 38.7 Å². The maximum absolute atomic E-state index is 12.7. The van der Waals surface area contributed by atoms with E-state index in [1.807, 2.05) is 19.9 Å². The molecular formula is C22H29BN2O5. The average Bonchev–Trinajstić information content (AvgIpc) is 2.72. The first-order chi connectivity index (χ1) is 14.3. The molecule has 2 atom stereocenters. The van der Waals surface area contributed by atoms with E-state index in [1.54, 1.807) is 48.5 Å². The smallest absolute Gasteiger partial charge is 0.475 e. The second kappa shape index (κ2) is 11.4. The number of ether oxygens (including phenoxy) is 1. The Labute approximate surface area is 177 Å². The van der Waals surface area contributed by atoms with Gasteiger partial charge in [-0.3, -0.25) is 9.59 Å². The Morgan fingerprint density at radius 2 is 1.63 bits per heavy atom. The highest BCUT2D eigenvalue weighted by atomic mass is 16.5. The minimum absolute atomic E-state index is 0.0831. The molecule has 160 valence electrons. The number of rotatable bonds is 10. The van der Waals surface area contributed by atoms with E-state index in [0.29, 0.717) is 23.3 Å². The third-order valence-corrected chi connectivity index (χ3v) is 4.68. The van der Waals surface area contributed by atoms with Crippen molar-refractivity contribution in [1.82, 2.24) is 10.6 Å². The number of benzene rings is 2. The van der Waals surface area contributed by atoms with Crippen LogP contribution in [0.1, 0.15) is 48.7 Å². The minimum Gasteiger partial charge on any atom is -0.496 e. The maximum atomic E-state index is 12.7. The van der Waals surface area contributed by atoms with Crippen molar-refractivity contribution in [3.05, 3.63) is 65.7 Å². The molecule has 2 rings (SSSR count). The number of nitrogens with one attached hydrogen (secondary N) is 2. The van der Waals surface area contributed by atoms with E-state index in [1.165, 1.54) is 7.11 Å². The highest BCUT2D eigenvalue weighted by molar-refractivity contribution is 6.43. The van der Waals surface area contributed by atoms with Gasteiger partial charge in [-0.05, 0) is 30.5 Å². The van der Waals surface area contributed by atoms with Gasteiger partial charge in [-0.25, -0.2) is 0 Å². The van der Waals surface area contributed by atoms with Crippen LogP contribution in [0.25, 0.3) is 0 Å². The molecule has 2 aromatic carbocycles. The van der Waals surface area contributed by atoms with E-state index in [9.17, 15) is 19.6 Å². The van der Waals surface area contributed by atoms with E-state index in [0.717, 1.165) is 0 Å². The number of carbonyl (C=O) groups is 2. The van der Waals surface area contributed by atoms with E-state index in [2.05, 4.69) is 10.6 Å².